The molecule has 114 valence electrons. The van der Waals surface area contributed by atoms with E-state index in [2.05, 4.69) is 16.6 Å². The van der Waals surface area contributed by atoms with Crippen LogP contribution in [0.15, 0.2) is 41.7 Å². The number of nitrogens with zero attached hydrogens (tertiary/aromatic N) is 2. The Morgan fingerprint density at radius 1 is 1.33 bits per heavy atom. The molecule has 3 N–H and O–H groups in total. The van der Waals surface area contributed by atoms with Gasteiger partial charge in [-0.25, -0.2) is 18.1 Å². The number of aromatic nitrogens is 2. The molecule has 6 nitrogen and oxygen atoms in total. The zero-order valence-electron chi connectivity index (χ0n) is 12.2. The molecule has 21 heavy (non-hydrogen) atoms. The number of sulfonamides is 1. The summed E-state index contributed by atoms with van der Waals surface area (Å²) < 4.78 is 28.4. The van der Waals surface area contributed by atoms with Crippen molar-refractivity contribution in [2.24, 2.45) is 7.05 Å². The van der Waals surface area contributed by atoms with Crippen LogP contribution >= 0.6 is 0 Å². The van der Waals surface area contributed by atoms with Gasteiger partial charge >= 0.3 is 0 Å². The number of rotatable bonds is 6. The molecule has 0 saturated carbocycles. The van der Waals surface area contributed by atoms with Crippen molar-refractivity contribution in [2.75, 3.05) is 12.3 Å². The van der Waals surface area contributed by atoms with Gasteiger partial charge in [-0.3, -0.25) is 0 Å². The summed E-state index contributed by atoms with van der Waals surface area (Å²) in [6.45, 7) is 2.42. The lowest BCUT2D eigenvalue weighted by Crippen LogP contribution is -2.28. The van der Waals surface area contributed by atoms with Gasteiger partial charge in [-0.15, -0.1) is 0 Å². The van der Waals surface area contributed by atoms with Crippen LogP contribution in [-0.4, -0.2) is 24.5 Å². The van der Waals surface area contributed by atoms with Crippen LogP contribution in [0.5, 0.6) is 0 Å². The highest BCUT2D eigenvalue weighted by Gasteiger charge is 2.22. The lowest BCUT2D eigenvalue weighted by molar-refractivity contribution is 0.564. The first-order chi connectivity index (χ1) is 9.92. The number of aryl methyl sites for hydroxylation is 1. The van der Waals surface area contributed by atoms with Gasteiger partial charge < -0.3 is 10.3 Å². The Balaban J connectivity index is 1.97. The predicted octanol–water partition coefficient (Wildman–Crippen LogP) is 1.47. The fourth-order valence-electron chi connectivity index (χ4n) is 2.19. The SMILES string of the molecule is CC(CCNS(=O)(=O)c1c(N)ncn1C)c1ccccc1. The first kappa shape index (κ1) is 15.5. The van der Waals surface area contributed by atoms with E-state index in [1.165, 1.54) is 16.5 Å². The van der Waals surface area contributed by atoms with E-state index < -0.39 is 10.0 Å². The maximum Gasteiger partial charge on any atom is 0.260 e. The molecule has 0 saturated heterocycles. The van der Waals surface area contributed by atoms with Crippen LogP contribution in [0.4, 0.5) is 5.82 Å². The Kier molecular flexibility index (Phi) is 4.64. The molecular formula is C14H20N4O2S. The number of anilines is 1. The van der Waals surface area contributed by atoms with Crippen molar-refractivity contribution in [1.29, 1.82) is 0 Å². The molecule has 2 aromatic rings. The van der Waals surface area contributed by atoms with Crippen LogP contribution in [-0.2, 0) is 17.1 Å². The van der Waals surface area contributed by atoms with Crippen molar-refractivity contribution in [3.63, 3.8) is 0 Å². The molecule has 0 fully saturated rings. The Morgan fingerprint density at radius 3 is 2.57 bits per heavy atom. The minimum atomic E-state index is -3.63. The third-order valence-corrected chi connectivity index (χ3v) is 4.99. The second-order valence-electron chi connectivity index (χ2n) is 5.04. The van der Waals surface area contributed by atoms with Crippen molar-refractivity contribution in [1.82, 2.24) is 14.3 Å². The van der Waals surface area contributed by atoms with Gasteiger partial charge in [0.05, 0.1) is 6.33 Å². The average Bonchev–Trinajstić information content (AvgIpc) is 2.79. The molecule has 0 bridgehead atoms. The fourth-order valence-corrected chi connectivity index (χ4v) is 3.47. The van der Waals surface area contributed by atoms with Crippen molar-refractivity contribution in [3.8, 4) is 0 Å². The van der Waals surface area contributed by atoms with E-state index in [1.54, 1.807) is 7.05 Å². The van der Waals surface area contributed by atoms with E-state index in [9.17, 15) is 8.42 Å². The summed E-state index contributed by atoms with van der Waals surface area (Å²) in [6.07, 6.45) is 2.09. The summed E-state index contributed by atoms with van der Waals surface area (Å²) in [5.74, 6) is 0.291. The van der Waals surface area contributed by atoms with Crippen molar-refractivity contribution < 1.29 is 8.42 Å². The number of hydrogen-bond acceptors (Lipinski definition) is 4. The lowest BCUT2D eigenvalue weighted by Gasteiger charge is -2.13. The van der Waals surface area contributed by atoms with Crippen LogP contribution in [0.1, 0.15) is 24.8 Å². The number of nitrogens with one attached hydrogen (secondary N) is 1. The van der Waals surface area contributed by atoms with E-state index in [-0.39, 0.29) is 16.8 Å². The first-order valence-corrected chi connectivity index (χ1v) is 8.21. The highest BCUT2D eigenvalue weighted by molar-refractivity contribution is 7.89. The predicted molar refractivity (Wildman–Crippen MR) is 82.3 cm³/mol. The lowest BCUT2D eigenvalue weighted by atomic mass is 9.98. The number of nitrogen functional groups attached to an aromatic ring is 1. The van der Waals surface area contributed by atoms with Crippen LogP contribution in [0, 0.1) is 0 Å². The molecule has 0 aliphatic heterocycles. The van der Waals surface area contributed by atoms with Gasteiger partial charge in [0.1, 0.15) is 0 Å². The largest absolute Gasteiger partial charge is 0.381 e. The van der Waals surface area contributed by atoms with Gasteiger partial charge in [-0.2, -0.15) is 0 Å². The molecule has 1 aromatic heterocycles. The summed E-state index contributed by atoms with van der Waals surface area (Å²) in [6, 6.07) is 10.00. The van der Waals surface area contributed by atoms with Crippen LogP contribution < -0.4 is 10.5 Å². The number of imidazole rings is 1. The summed E-state index contributed by atoms with van der Waals surface area (Å²) >= 11 is 0. The summed E-state index contributed by atoms with van der Waals surface area (Å²) in [4.78, 5) is 3.79. The molecule has 0 aliphatic carbocycles. The minimum Gasteiger partial charge on any atom is -0.381 e. The Morgan fingerprint density at radius 2 is 2.00 bits per heavy atom. The van der Waals surface area contributed by atoms with Crippen LogP contribution in [0.2, 0.25) is 0 Å². The number of benzene rings is 1. The van der Waals surface area contributed by atoms with E-state index >= 15 is 0 Å². The van der Waals surface area contributed by atoms with E-state index in [4.69, 9.17) is 5.73 Å². The van der Waals surface area contributed by atoms with Crippen molar-refractivity contribution in [2.45, 2.75) is 24.3 Å². The molecule has 2 rings (SSSR count). The third kappa shape index (κ3) is 3.62. The number of nitrogens with two attached hydrogens (primary N) is 1. The van der Waals surface area contributed by atoms with Crippen molar-refractivity contribution in [3.05, 3.63) is 42.2 Å². The van der Waals surface area contributed by atoms with E-state index in [0.29, 0.717) is 13.0 Å². The standard InChI is InChI=1S/C14H20N4O2S/c1-11(12-6-4-3-5-7-12)8-9-17-21(19,20)14-13(15)16-10-18(14)2/h3-7,10-11,17H,8-9,15H2,1-2H3. The zero-order chi connectivity index (χ0) is 15.5. The van der Waals surface area contributed by atoms with Crippen LogP contribution in [0.3, 0.4) is 0 Å². The minimum absolute atomic E-state index is 0.00913. The molecule has 1 aromatic carbocycles. The quantitative estimate of drug-likeness (QED) is 0.845. The molecule has 1 heterocycles. The average molecular weight is 308 g/mol. The smallest absolute Gasteiger partial charge is 0.260 e. The number of hydrogen-bond donors (Lipinski definition) is 2. The van der Waals surface area contributed by atoms with Gasteiger partial charge in [-0.05, 0) is 17.9 Å². The van der Waals surface area contributed by atoms with Gasteiger partial charge in [0.15, 0.2) is 10.8 Å². The van der Waals surface area contributed by atoms with Gasteiger partial charge in [0.2, 0.25) is 0 Å². The summed E-state index contributed by atoms with van der Waals surface area (Å²) in [7, 11) is -2.03. The van der Waals surface area contributed by atoms with Gasteiger partial charge in [-0.1, -0.05) is 37.3 Å². The highest BCUT2D eigenvalue weighted by Crippen LogP contribution is 2.19. The van der Waals surface area contributed by atoms with E-state index in [1.807, 2.05) is 30.3 Å². The first-order valence-electron chi connectivity index (χ1n) is 6.73. The molecule has 0 aliphatic rings. The Hall–Kier alpha value is -1.86. The topological polar surface area (TPSA) is 90.0 Å². The third-order valence-electron chi connectivity index (χ3n) is 3.40. The van der Waals surface area contributed by atoms with Crippen LogP contribution in [0.25, 0.3) is 0 Å². The molecule has 7 heteroatoms. The molecule has 0 spiro atoms. The molecule has 1 atom stereocenters. The summed E-state index contributed by atoms with van der Waals surface area (Å²) in [5, 5.41) is 0.00913. The maximum atomic E-state index is 12.2. The maximum absolute atomic E-state index is 12.2. The van der Waals surface area contributed by atoms with Crippen molar-refractivity contribution >= 4 is 15.8 Å². The monoisotopic (exact) mass is 308 g/mol. The summed E-state index contributed by atoms with van der Waals surface area (Å²) in [5.41, 5.74) is 6.79. The normalized spacial score (nSPS) is 13.2. The Bertz CT molecular complexity index is 676. The zero-order valence-corrected chi connectivity index (χ0v) is 13.0. The Labute approximate surface area is 125 Å². The van der Waals surface area contributed by atoms with Gasteiger partial charge in [0, 0.05) is 13.6 Å². The molecule has 1 unspecified atom stereocenters. The fraction of sp³-hybridized carbons (Fsp3) is 0.357. The van der Waals surface area contributed by atoms with E-state index in [0.717, 1.165) is 0 Å². The molecule has 0 amide bonds. The molecule has 0 radical (unpaired) electrons. The second-order valence-corrected chi connectivity index (χ2v) is 6.73. The second kappa shape index (κ2) is 6.28. The highest BCUT2D eigenvalue weighted by atomic mass is 32.2. The molecular weight excluding hydrogens is 288 g/mol. The van der Waals surface area contributed by atoms with Gasteiger partial charge in [0.25, 0.3) is 10.0 Å².